The molecular formula is C17H24N6O2. The van der Waals surface area contributed by atoms with Crippen LogP contribution in [0.15, 0.2) is 18.6 Å². The highest BCUT2D eigenvalue weighted by Gasteiger charge is 2.34. The maximum absolute atomic E-state index is 12.3. The summed E-state index contributed by atoms with van der Waals surface area (Å²) in [6.45, 7) is 6.03. The van der Waals surface area contributed by atoms with Crippen molar-refractivity contribution in [3.8, 4) is 0 Å². The molecule has 0 bridgehead atoms. The first-order valence-corrected chi connectivity index (χ1v) is 8.63. The molecule has 0 spiro atoms. The maximum atomic E-state index is 12.3. The summed E-state index contributed by atoms with van der Waals surface area (Å²) >= 11 is 0. The van der Waals surface area contributed by atoms with Crippen molar-refractivity contribution in [2.24, 2.45) is 0 Å². The number of amides is 1. The quantitative estimate of drug-likeness (QED) is 0.868. The first-order valence-electron chi connectivity index (χ1n) is 8.63. The summed E-state index contributed by atoms with van der Waals surface area (Å²) in [4.78, 5) is 24.8. The van der Waals surface area contributed by atoms with Crippen LogP contribution in [0.25, 0.3) is 0 Å². The molecule has 1 fully saturated rings. The summed E-state index contributed by atoms with van der Waals surface area (Å²) in [5.41, 5.74) is 0.248. The molecule has 2 N–H and O–H groups in total. The van der Waals surface area contributed by atoms with E-state index in [1.54, 1.807) is 0 Å². The normalized spacial score (nSPS) is 23.6. The third-order valence-corrected chi connectivity index (χ3v) is 4.54. The molecule has 2 aromatic heterocycles. The Morgan fingerprint density at radius 3 is 2.84 bits per heavy atom. The van der Waals surface area contributed by atoms with Gasteiger partial charge >= 0.3 is 0 Å². The molecule has 1 aliphatic carbocycles. The van der Waals surface area contributed by atoms with E-state index in [0.29, 0.717) is 12.8 Å². The molecular weight excluding hydrogens is 320 g/mol. The van der Waals surface area contributed by atoms with Gasteiger partial charge in [0.05, 0.1) is 18.3 Å². The number of nitrogens with one attached hydrogen (secondary N) is 1. The number of carbonyl (C=O) groups is 1. The third kappa shape index (κ3) is 3.84. The van der Waals surface area contributed by atoms with Crippen LogP contribution in [0.5, 0.6) is 0 Å². The predicted molar refractivity (Wildman–Crippen MR) is 91.0 cm³/mol. The molecule has 0 aromatic carbocycles. The smallest absolute Gasteiger partial charge is 0.271 e. The van der Waals surface area contributed by atoms with E-state index in [1.807, 2.05) is 11.6 Å². The molecule has 8 heteroatoms. The monoisotopic (exact) mass is 344 g/mol. The summed E-state index contributed by atoms with van der Waals surface area (Å²) in [5.74, 6) is 1.51. The maximum Gasteiger partial charge on any atom is 0.271 e. The average molecular weight is 344 g/mol. The van der Waals surface area contributed by atoms with Crippen molar-refractivity contribution < 1.29 is 9.90 Å². The molecule has 0 unspecified atom stereocenters. The summed E-state index contributed by atoms with van der Waals surface area (Å²) < 4.78 is 1.94. The first kappa shape index (κ1) is 17.5. The van der Waals surface area contributed by atoms with Crippen LogP contribution in [0.3, 0.4) is 0 Å². The Bertz CT molecular complexity index is 730. The van der Waals surface area contributed by atoms with Crippen LogP contribution in [0.4, 0.5) is 0 Å². The number of carbonyl (C=O) groups excluding carboxylic acids is 1. The van der Waals surface area contributed by atoms with Crippen LogP contribution >= 0.6 is 0 Å². The Balaban J connectivity index is 1.75. The highest BCUT2D eigenvalue weighted by atomic mass is 16.3. The summed E-state index contributed by atoms with van der Waals surface area (Å²) in [7, 11) is 0. The lowest BCUT2D eigenvalue weighted by atomic mass is 9.83. The largest absolute Gasteiger partial charge is 0.391 e. The molecule has 3 rings (SSSR count). The summed E-state index contributed by atoms with van der Waals surface area (Å²) in [6.07, 6.45) is 5.89. The Morgan fingerprint density at radius 2 is 2.16 bits per heavy atom. The second-order valence-electron chi connectivity index (χ2n) is 6.80. The van der Waals surface area contributed by atoms with Gasteiger partial charge in [-0.15, -0.1) is 0 Å². The van der Waals surface area contributed by atoms with E-state index in [0.717, 1.165) is 18.1 Å². The molecule has 25 heavy (non-hydrogen) atoms. The van der Waals surface area contributed by atoms with E-state index in [-0.39, 0.29) is 29.6 Å². The van der Waals surface area contributed by atoms with Crippen molar-refractivity contribution in [2.45, 2.75) is 64.1 Å². The molecule has 8 nitrogen and oxygen atoms in total. The van der Waals surface area contributed by atoms with Gasteiger partial charge in [0.25, 0.3) is 5.91 Å². The van der Waals surface area contributed by atoms with E-state index in [1.165, 1.54) is 18.6 Å². The molecule has 1 saturated carbocycles. The zero-order valence-corrected chi connectivity index (χ0v) is 14.8. The van der Waals surface area contributed by atoms with Gasteiger partial charge in [-0.3, -0.25) is 9.78 Å². The molecule has 1 amide bonds. The Hall–Kier alpha value is -2.35. The highest BCUT2D eigenvalue weighted by Crippen LogP contribution is 2.33. The molecule has 2 aromatic rings. The first-order chi connectivity index (χ1) is 12.0. The second-order valence-corrected chi connectivity index (χ2v) is 6.80. The molecule has 0 radical (unpaired) electrons. The van der Waals surface area contributed by atoms with Crippen LogP contribution in [0, 0.1) is 6.92 Å². The van der Waals surface area contributed by atoms with Gasteiger partial charge in [-0.1, -0.05) is 0 Å². The number of aliphatic hydroxyl groups excluding tert-OH is 1. The number of nitrogens with zero attached hydrogens (tertiary/aromatic N) is 5. The standard InChI is InChI=1S/C17H24N6O2/c1-10(2)23-16(20-11(3)22-23)12-4-5-15(24)13(8-12)21-17(25)14-9-18-6-7-19-14/h6-7,9-10,12-13,15,24H,4-5,8H2,1-3H3,(H,21,25)/t12-,13+,15+/m0/s1. The second kappa shape index (κ2) is 7.26. The van der Waals surface area contributed by atoms with Gasteiger partial charge in [0.2, 0.25) is 0 Å². The number of rotatable bonds is 4. The van der Waals surface area contributed by atoms with Gasteiger partial charge in [-0.25, -0.2) is 14.6 Å². The molecule has 0 aliphatic heterocycles. The molecule has 3 atom stereocenters. The van der Waals surface area contributed by atoms with Crippen molar-refractivity contribution in [1.29, 1.82) is 0 Å². The Labute approximate surface area is 146 Å². The van der Waals surface area contributed by atoms with Crippen LogP contribution in [0.1, 0.15) is 67.2 Å². The fourth-order valence-corrected chi connectivity index (χ4v) is 3.31. The topological polar surface area (TPSA) is 106 Å². The van der Waals surface area contributed by atoms with Crippen molar-refractivity contribution in [3.63, 3.8) is 0 Å². The van der Waals surface area contributed by atoms with Gasteiger partial charge in [-0.2, -0.15) is 5.10 Å². The predicted octanol–water partition coefficient (Wildman–Crippen LogP) is 1.38. The SMILES string of the molecule is Cc1nc([C@H]2CC[C@@H](O)[C@H](NC(=O)c3cnccn3)C2)n(C(C)C)n1. The lowest BCUT2D eigenvalue weighted by Crippen LogP contribution is -2.47. The zero-order chi connectivity index (χ0) is 18.0. The van der Waals surface area contributed by atoms with E-state index in [4.69, 9.17) is 0 Å². The highest BCUT2D eigenvalue weighted by molar-refractivity contribution is 5.92. The average Bonchev–Trinajstić information content (AvgIpc) is 3.00. The van der Waals surface area contributed by atoms with E-state index in [2.05, 4.69) is 39.2 Å². The van der Waals surface area contributed by atoms with Crippen molar-refractivity contribution in [1.82, 2.24) is 30.0 Å². The molecule has 0 saturated heterocycles. The number of aryl methyl sites for hydroxylation is 1. The minimum Gasteiger partial charge on any atom is -0.391 e. The van der Waals surface area contributed by atoms with E-state index < -0.39 is 6.10 Å². The number of hydrogen-bond donors (Lipinski definition) is 2. The fourth-order valence-electron chi connectivity index (χ4n) is 3.31. The van der Waals surface area contributed by atoms with Crippen LogP contribution in [-0.4, -0.2) is 47.9 Å². The minimum atomic E-state index is -0.576. The molecule has 2 heterocycles. The van der Waals surface area contributed by atoms with Crippen molar-refractivity contribution >= 4 is 5.91 Å². The van der Waals surface area contributed by atoms with Gasteiger partial charge in [-0.05, 0) is 40.0 Å². The molecule has 1 aliphatic rings. The Kier molecular flexibility index (Phi) is 5.08. The Morgan fingerprint density at radius 1 is 1.36 bits per heavy atom. The lowest BCUT2D eigenvalue weighted by Gasteiger charge is -2.33. The third-order valence-electron chi connectivity index (χ3n) is 4.54. The number of aliphatic hydroxyl groups is 1. The fraction of sp³-hybridized carbons (Fsp3) is 0.588. The zero-order valence-electron chi connectivity index (χ0n) is 14.8. The van der Waals surface area contributed by atoms with E-state index >= 15 is 0 Å². The number of hydrogen-bond acceptors (Lipinski definition) is 6. The van der Waals surface area contributed by atoms with Gasteiger partial charge < -0.3 is 10.4 Å². The molecule has 134 valence electrons. The lowest BCUT2D eigenvalue weighted by molar-refractivity contribution is 0.0664. The van der Waals surface area contributed by atoms with Gasteiger partial charge in [0.1, 0.15) is 17.3 Å². The van der Waals surface area contributed by atoms with E-state index in [9.17, 15) is 9.90 Å². The van der Waals surface area contributed by atoms with Crippen molar-refractivity contribution in [2.75, 3.05) is 0 Å². The van der Waals surface area contributed by atoms with Crippen LogP contribution in [-0.2, 0) is 0 Å². The summed E-state index contributed by atoms with van der Waals surface area (Å²) in [6, 6.07) is -0.124. The van der Waals surface area contributed by atoms with Crippen LogP contribution in [0.2, 0.25) is 0 Å². The van der Waals surface area contributed by atoms with Crippen molar-refractivity contribution in [3.05, 3.63) is 35.9 Å². The van der Waals surface area contributed by atoms with Crippen LogP contribution < -0.4 is 5.32 Å². The number of aromatic nitrogens is 5. The van der Waals surface area contributed by atoms with Gasteiger partial charge in [0, 0.05) is 24.4 Å². The minimum absolute atomic E-state index is 0.152. The van der Waals surface area contributed by atoms with Gasteiger partial charge in [0.15, 0.2) is 0 Å². The summed E-state index contributed by atoms with van der Waals surface area (Å²) in [5, 5.41) is 17.7.